The van der Waals surface area contributed by atoms with Crippen molar-refractivity contribution in [3.8, 4) is 11.5 Å². The number of halogens is 6. The van der Waals surface area contributed by atoms with Crippen LogP contribution in [0.15, 0.2) is 54.8 Å². The Labute approximate surface area is 232 Å². The van der Waals surface area contributed by atoms with E-state index < -0.39 is 35.4 Å². The third-order valence-electron chi connectivity index (χ3n) is 8.27. The van der Waals surface area contributed by atoms with E-state index >= 15 is 0 Å². The molecule has 218 valence electrons. The molecule has 8 heteroatoms. The van der Waals surface area contributed by atoms with Gasteiger partial charge >= 0.3 is 12.2 Å². The lowest BCUT2D eigenvalue weighted by atomic mass is 9.77. The number of alkyl halides is 2. The van der Waals surface area contributed by atoms with Crippen molar-refractivity contribution in [2.45, 2.75) is 83.2 Å². The van der Waals surface area contributed by atoms with Crippen LogP contribution in [0.25, 0.3) is 6.08 Å². The topological polar surface area (TPSA) is 18.5 Å². The monoisotopic (exact) mass is 566 g/mol. The third kappa shape index (κ3) is 8.07. The summed E-state index contributed by atoms with van der Waals surface area (Å²) in [4.78, 5) is 0. The lowest BCUT2D eigenvalue weighted by Gasteiger charge is -2.32. The summed E-state index contributed by atoms with van der Waals surface area (Å²) >= 11 is 0. The summed E-state index contributed by atoms with van der Waals surface area (Å²) < 4.78 is 92.0. The predicted octanol–water partition coefficient (Wildman–Crippen LogP) is 10.6. The van der Waals surface area contributed by atoms with Crippen molar-refractivity contribution < 1.29 is 35.8 Å². The first kappa shape index (κ1) is 30.1. The average molecular weight is 567 g/mol. The zero-order valence-electron chi connectivity index (χ0n) is 22.7. The van der Waals surface area contributed by atoms with Gasteiger partial charge < -0.3 is 9.47 Å². The molecule has 0 aromatic heterocycles. The van der Waals surface area contributed by atoms with Gasteiger partial charge in [0.25, 0.3) is 0 Å². The Bertz CT molecular complexity index is 1170. The summed E-state index contributed by atoms with van der Waals surface area (Å²) in [5.74, 6) is -2.13. The van der Waals surface area contributed by atoms with Crippen LogP contribution in [0.2, 0.25) is 0 Å². The van der Waals surface area contributed by atoms with Crippen LogP contribution in [-0.4, -0.2) is 6.11 Å². The maximum absolute atomic E-state index is 14.9. The number of ether oxygens (including phenoxy) is 2. The molecule has 2 fully saturated rings. The molecule has 0 unspecified atom stereocenters. The van der Waals surface area contributed by atoms with Gasteiger partial charge in [-0.3, -0.25) is 0 Å². The van der Waals surface area contributed by atoms with Crippen molar-refractivity contribution in [1.82, 2.24) is 0 Å². The van der Waals surface area contributed by atoms with E-state index in [1.807, 2.05) is 18.2 Å². The molecule has 2 aromatic carbocycles. The standard InChI is InChI=1S/C32H36F6O2/c1-2-3-21-4-9-23(10-5-21)25-13-12-24(28(33)18-25)11-6-22-7-14-26(15-8-22)32(37,38)40-27-16-17-30(29(34)19-27)39-20-31(35)36/h6,11-13,16-23,26H,2-5,7-10,14-15H2,1H3/b11-6+. The summed E-state index contributed by atoms with van der Waals surface area (Å²) in [7, 11) is 0. The summed E-state index contributed by atoms with van der Waals surface area (Å²) in [6.45, 7) is 2.22. The molecule has 0 aliphatic heterocycles. The zero-order chi connectivity index (χ0) is 28.7. The van der Waals surface area contributed by atoms with E-state index in [4.69, 9.17) is 4.74 Å². The molecule has 0 spiro atoms. The number of hydrogen-bond acceptors (Lipinski definition) is 2. The fourth-order valence-electron chi connectivity index (χ4n) is 6.00. The summed E-state index contributed by atoms with van der Waals surface area (Å²) in [5.41, 5.74) is 1.55. The molecular formula is C32H36F6O2. The van der Waals surface area contributed by atoms with Gasteiger partial charge in [0.05, 0.1) is 5.92 Å². The minimum atomic E-state index is -3.54. The minimum Gasteiger partial charge on any atom is -0.456 e. The Morgan fingerprint density at radius 2 is 1.62 bits per heavy atom. The van der Waals surface area contributed by atoms with Gasteiger partial charge in [-0.1, -0.05) is 44.1 Å². The van der Waals surface area contributed by atoms with E-state index in [-0.39, 0.29) is 30.8 Å². The first-order chi connectivity index (χ1) is 19.1. The highest BCUT2D eigenvalue weighted by Crippen LogP contribution is 2.41. The van der Waals surface area contributed by atoms with E-state index in [1.165, 1.54) is 25.7 Å². The molecule has 0 saturated heterocycles. The molecule has 2 nitrogen and oxygen atoms in total. The fraction of sp³-hybridized carbons (Fsp3) is 0.500. The van der Waals surface area contributed by atoms with Crippen LogP contribution in [-0.2, 0) is 0 Å². The van der Waals surface area contributed by atoms with Gasteiger partial charge in [0.1, 0.15) is 11.6 Å². The van der Waals surface area contributed by atoms with E-state index in [0.29, 0.717) is 30.4 Å². The van der Waals surface area contributed by atoms with Crippen molar-refractivity contribution in [2.24, 2.45) is 17.8 Å². The Hall–Kier alpha value is -2.90. The molecule has 0 bridgehead atoms. The Morgan fingerprint density at radius 1 is 0.900 bits per heavy atom. The molecule has 2 aliphatic carbocycles. The minimum absolute atomic E-state index is 0.0396. The predicted molar refractivity (Wildman–Crippen MR) is 143 cm³/mol. The van der Waals surface area contributed by atoms with E-state index in [9.17, 15) is 26.3 Å². The van der Waals surface area contributed by atoms with Gasteiger partial charge in [-0.2, -0.15) is 17.6 Å². The maximum atomic E-state index is 14.9. The number of hydrogen-bond donors (Lipinski definition) is 0. The Morgan fingerprint density at radius 3 is 2.25 bits per heavy atom. The molecule has 0 atom stereocenters. The smallest absolute Gasteiger partial charge is 0.400 e. The lowest BCUT2D eigenvalue weighted by molar-refractivity contribution is -0.223. The highest BCUT2D eigenvalue weighted by Gasteiger charge is 2.43. The van der Waals surface area contributed by atoms with E-state index in [1.54, 1.807) is 12.1 Å². The molecule has 2 saturated carbocycles. The number of benzene rings is 2. The second kappa shape index (κ2) is 13.6. The normalized spacial score (nSPS) is 23.7. The highest BCUT2D eigenvalue weighted by atomic mass is 19.3. The van der Waals surface area contributed by atoms with Crippen molar-refractivity contribution >= 4 is 6.08 Å². The van der Waals surface area contributed by atoms with Crippen LogP contribution in [0.4, 0.5) is 26.3 Å². The van der Waals surface area contributed by atoms with E-state index in [2.05, 4.69) is 11.7 Å². The first-order valence-electron chi connectivity index (χ1n) is 14.2. The van der Waals surface area contributed by atoms with Crippen LogP contribution in [0.3, 0.4) is 0 Å². The molecule has 4 rings (SSSR count). The lowest BCUT2D eigenvalue weighted by Crippen LogP contribution is -2.37. The SMILES string of the molecule is CCCC1CCC(c2ccc(/C=C/C3CCC(C(F)(F)Oc4ccc(OC=C(F)F)c(F)c4)CC3)c(F)c2)CC1. The number of rotatable bonds is 10. The van der Waals surface area contributed by atoms with Gasteiger partial charge in [0.15, 0.2) is 17.8 Å². The molecule has 2 aromatic rings. The summed E-state index contributed by atoms with van der Waals surface area (Å²) in [6.07, 6.45) is 6.45. The molecular weight excluding hydrogens is 530 g/mol. The molecule has 0 heterocycles. The molecule has 40 heavy (non-hydrogen) atoms. The van der Waals surface area contributed by atoms with Crippen LogP contribution in [0.5, 0.6) is 11.5 Å². The van der Waals surface area contributed by atoms with Gasteiger partial charge in [0, 0.05) is 11.6 Å². The molecule has 2 aliphatic rings. The van der Waals surface area contributed by atoms with Crippen LogP contribution < -0.4 is 9.47 Å². The average Bonchev–Trinajstić information content (AvgIpc) is 2.92. The van der Waals surface area contributed by atoms with Crippen molar-refractivity contribution in [3.05, 3.63) is 77.6 Å². The van der Waals surface area contributed by atoms with Crippen LogP contribution in [0, 0.1) is 29.4 Å². The van der Waals surface area contributed by atoms with Crippen LogP contribution >= 0.6 is 0 Å². The van der Waals surface area contributed by atoms with E-state index in [0.717, 1.165) is 36.5 Å². The second-order valence-corrected chi connectivity index (χ2v) is 11.0. The maximum Gasteiger partial charge on any atom is 0.400 e. The van der Waals surface area contributed by atoms with Gasteiger partial charge in [-0.15, -0.1) is 0 Å². The molecule has 0 radical (unpaired) electrons. The largest absolute Gasteiger partial charge is 0.456 e. The van der Waals surface area contributed by atoms with Crippen molar-refractivity contribution in [1.29, 1.82) is 0 Å². The number of allylic oxidation sites excluding steroid dienone is 1. The quantitative estimate of drug-likeness (QED) is 0.210. The highest BCUT2D eigenvalue weighted by molar-refractivity contribution is 5.51. The van der Waals surface area contributed by atoms with Crippen molar-refractivity contribution in [2.75, 3.05) is 0 Å². The van der Waals surface area contributed by atoms with Crippen molar-refractivity contribution in [3.63, 3.8) is 0 Å². The van der Waals surface area contributed by atoms with Gasteiger partial charge in [-0.05, 0) is 92.9 Å². The van der Waals surface area contributed by atoms with Crippen LogP contribution in [0.1, 0.15) is 88.2 Å². The summed E-state index contributed by atoms with van der Waals surface area (Å²) in [6, 6.07) is 8.15. The fourth-order valence-corrected chi connectivity index (χ4v) is 6.00. The zero-order valence-corrected chi connectivity index (χ0v) is 22.7. The Balaban J connectivity index is 1.28. The third-order valence-corrected chi connectivity index (χ3v) is 8.27. The summed E-state index contributed by atoms with van der Waals surface area (Å²) in [5, 5.41) is 0. The molecule has 0 N–H and O–H groups in total. The second-order valence-electron chi connectivity index (χ2n) is 11.0. The molecule has 0 amide bonds. The first-order valence-corrected chi connectivity index (χ1v) is 14.2. The van der Waals surface area contributed by atoms with Gasteiger partial charge in [0.2, 0.25) is 0 Å². The Kier molecular flexibility index (Phi) is 10.3. The van der Waals surface area contributed by atoms with Gasteiger partial charge in [-0.25, -0.2) is 8.78 Å².